The maximum atomic E-state index is 13.0. The predicted molar refractivity (Wildman–Crippen MR) is 108 cm³/mol. The summed E-state index contributed by atoms with van der Waals surface area (Å²) in [5, 5.41) is 16.3. The van der Waals surface area contributed by atoms with Gasteiger partial charge in [0.05, 0.1) is 37.4 Å². The van der Waals surface area contributed by atoms with Gasteiger partial charge in [0, 0.05) is 11.8 Å². The summed E-state index contributed by atoms with van der Waals surface area (Å²) in [4.78, 5) is 13.0. The molecule has 1 N–H and O–H groups in total. The van der Waals surface area contributed by atoms with Gasteiger partial charge < -0.3 is 10.1 Å². The average molecular weight is 374 g/mol. The molecule has 0 saturated carbocycles. The van der Waals surface area contributed by atoms with E-state index < -0.39 is 0 Å². The van der Waals surface area contributed by atoms with Crippen LogP contribution < -0.4 is 10.1 Å². The van der Waals surface area contributed by atoms with Crippen LogP contribution >= 0.6 is 0 Å². The topological polar surface area (TPSA) is 79.9 Å². The van der Waals surface area contributed by atoms with Crippen molar-refractivity contribution < 1.29 is 9.53 Å². The number of benzene rings is 2. The highest BCUT2D eigenvalue weighted by molar-refractivity contribution is 6.08. The molecule has 0 bridgehead atoms. The highest BCUT2D eigenvalue weighted by Crippen LogP contribution is 2.28. The molecular weight excluding hydrogens is 352 g/mol. The molecule has 0 aliphatic carbocycles. The van der Waals surface area contributed by atoms with Gasteiger partial charge in [0.15, 0.2) is 0 Å². The predicted octanol–water partition coefficient (Wildman–Crippen LogP) is 4.34. The van der Waals surface area contributed by atoms with Crippen molar-refractivity contribution in [1.82, 2.24) is 9.78 Å². The number of rotatable bonds is 6. The molecule has 6 nitrogen and oxygen atoms in total. The highest BCUT2D eigenvalue weighted by atomic mass is 16.5. The fourth-order valence-electron chi connectivity index (χ4n) is 2.91. The minimum absolute atomic E-state index is 0.277. The first-order valence-corrected chi connectivity index (χ1v) is 9.00. The van der Waals surface area contributed by atoms with Crippen LogP contribution in [0.3, 0.4) is 0 Å². The first kappa shape index (κ1) is 19.2. The molecule has 2 aromatic carbocycles. The second-order valence-electron chi connectivity index (χ2n) is 6.52. The number of anilines is 1. The van der Waals surface area contributed by atoms with Gasteiger partial charge >= 0.3 is 0 Å². The summed E-state index contributed by atoms with van der Waals surface area (Å²) in [6.07, 6.45) is 2.01. The molecule has 0 spiro atoms. The number of nitriles is 1. The Morgan fingerprint density at radius 3 is 2.71 bits per heavy atom. The van der Waals surface area contributed by atoms with Crippen LogP contribution in [0.25, 0.3) is 11.3 Å². The minimum Gasteiger partial charge on any atom is -0.495 e. The molecule has 1 heterocycles. The Balaban J connectivity index is 2.00. The van der Waals surface area contributed by atoms with Crippen molar-refractivity contribution in [2.45, 2.75) is 26.8 Å². The normalized spacial score (nSPS) is 10.4. The number of para-hydroxylation sites is 2. The maximum absolute atomic E-state index is 13.0. The van der Waals surface area contributed by atoms with Gasteiger partial charge in [-0.15, -0.1) is 0 Å². The third-order valence-electron chi connectivity index (χ3n) is 4.59. The van der Waals surface area contributed by atoms with Gasteiger partial charge in [-0.2, -0.15) is 10.4 Å². The summed E-state index contributed by atoms with van der Waals surface area (Å²) < 4.78 is 6.96. The summed E-state index contributed by atoms with van der Waals surface area (Å²) >= 11 is 0. The lowest BCUT2D eigenvalue weighted by Crippen LogP contribution is -2.13. The first-order chi connectivity index (χ1) is 13.5. The van der Waals surface area contributed by atoms with Crippen molar-refractivity contribution in [3.8, 4) is 23.1 Å². The van der Waals surface area contributed by atoms with E-state index in [9.17, 15) is 4.79 Å². The Bertz CT molecular complexity index is 1050. The van der Waals surface area contributed by atoms with Crippen LogP contribution in [0.1, 0.15) is 27.9 Å². The number of nitrogens with zero attached hydrogens (tertiary/aromatic N) is 3. The number of aromatic nitrogens is 2. The zero-order valence-electron chi connectivity index (χ0n) is 16.2. The summed E-state index contributed by atoms with van der Waals surface area (Å²) in [6.45, 7) is 4.50. The summed E-state index contributed by atoms with van der Waals surface area (Å²) in [5.74, 6) is 0.307. The van der Waals surface area contributed by atoms with Gasteiger partial charge in [0.2, 0.25) is 0 Å². The average Bonchev–Trinajstić information content (AvgIpc) is 3.13. The first-order valence-electron chi connectivity index (χ1n) is 9.00. The smallest absolute Gasteiger partial charge is 0.259 e. The van der Waals surface area contributed by atoms with Crippen LogP contribution in [-0.4, -0.2) is 22.8 Å². The lowest BCUT2D eigenvalue weighted by Gasteiger charge is -2.10. The van der Waals surface area contributed by atoms with Gasteiger partial charge in [-0.25, -0.2) is 0 Å². The molecule has 6 heteroatoms. The number of hydrogen-bond donors (Lipinski definition) is 1. The largest absolute Gasteiger partial charge is 0.495 e. The molecule has 0 aliphatic rings. The van der Waals surface area contributed by atoms with Crippen LogP contribution in [-0.2, 0) is 6.54 Å². The molecule has 3 aromatic rings. The number of amides is 1. The number of carbonyl (C=O) groups is 1. The van der Waals surface area contributed by atoms with Crippen LogP contribution in [0.4, 0.5) is 5.69 Å². The van der Waals surface area contributed by atoms with E-state index in [1.807, 2.05) is 44.2 Å². The molecular formula is C22H22N4O2. The number of hydrogen-bond acceptors (Lipinski definition) is 4. The Morgan fingerprint density at radius 2 is 2.00 bits per heavy atom. The number of methoxy groups -OCH3 is 1. The van der Waals surface area contributed by atoms with Crippen LogP contribution in [0.15, 0.2) is 48.7 Å². The molecule has 0 unspecified atom stereocenters. The van der Waals surface area contributed by atoms with E-state index in [2.05, 4.69) is 16.5 Å². The quantitative estimate of drug-likeness (QED) is 0.696. The molecule has 0 radical (unpaired) electrons. The van der Waals surface area contributed by atoms with Gasteiger partial charge in [0.1, 0.15) is 11.4 Å². The molecule has 0 saturated heterocycles. The molecule has 0 atom stereocenters. The van der Waals surface area contributed by atoms with Crippen LogP contribution in [0, 0.1) is 25.2 Å². The van der Waals surface area contributed by atoms with Gasteiger partial charge in [-0.3, -0.25) is 9.48 Å². The van der Waals surface area contributed by atoms with E-state index in [0.29, 0.717) is 35.7 Å². The van der Waals surface area contributed by atoms with Crippen LogP contribution in [0.2, 0.25) is 0 Å². The molecule has 1 aromatic heterocycles. The Morgan fingerprint density at radius 1 is 1.21 bits per heavy atom. The van der Waals surface area contributed by atoms with E-state index in [0.717, 1.165) is 11.1 Å². The van der Waals surface area contributed by atoms with E-state index in [1.54, 1.807) is 30.1 Å². The van der Waals surface area contributed by atoms with Crippen molar-refractivity contribution in [3.05, 3.63) is 65.4 Å². The lowest BCUT2D eigenvalue weighted by molar-refractivity contribution is 0.102. The molecule has 0 fully saturated rings. The molecule has 0 aliphatic heterocycles. The number of carbonyl (C=O) groups excluding carboxylic acids is 1. The van der Waals surface area contributed by atoms with Crippen molar-refractivity contribution in [2.24, 2.45) is 0 Å². The monoisotopic (exact) mass is 374 g/mol. The lowest BCUT2D eigenvalue weighted by atomic mass is 10.0. The Hall–Kier alpha value is -3.59. The minimum atomic E-state index is -0.277. The fourth-order valence-corrected chi connectivity index (χ4v) is 2.91. The third-order valence-corrected chi connectivity index (χ3v) is 4.59. The zero-order chi connectivity index (χ0) is 20.1. The van der Waals surface area contributed by atoms with E-state index in [4.69, 9.17) is 10.00 Å². The van der Waals surface area contributed by atoms with Gasteiger partial charge in [-0.05, 0) is 43.2 Å². The SMILES string of the molecule is COc1ccccc1NC(=O)c1cn(CCC#N)nc1-c1ccc(C)c(C)c1. The van der Waals surface area contributed by atoms with E-state index >= 15 is 0 Å². The Kier molecular flexibility index (Phi) is 5.75. The van der Waals surface area contributed by atoms with Crippen molar-refractivity contribution in [1.29, 1.82) is 5.26 Å². The molecule has 142 valence electrons. The number of ether oxygens (including phenoxy) is 1. The van der Waals surface area contributed by atoms with Gasteiger partial charge in [-0.1, -0.05) is 24.3 Å². The Labute approximate surface area is 164 Å². The van der Waals surface area contributed by atoms with Crippen molar-refractivity contribution in [2.75, 3.05) is 12.4 Å². The summed E-state index contributed by atoms with van der Waals surface area (Å²) in [6, 6.07) is 15.3. The van der Waals surface area contributed by atoms with E-state index in [1.165, 1.54) is 5.56 Å². The maximum Gasteiger partial charge on any atom is 0.259 e. The standard InChI is InChI=1S/C22H22N4O2/c1-15-9-10-17(13-16(15)2)21-18(14-26(25-21)12-6-11-23)22(27)24-19-7-4-5-8-20(19)28-3/h4-5,7-10,13-14H,6,12H2,1-3H3,(H,24,27). The number of aryl methyl sites for hydroxylation is 3. The van der Waals surface area contributed by atoms with E-state index in [-0.39, 0.29) is 5.91 Å². The number of nitrogens with one attached hydrogen (secondary N) is 1. The second kappa shape index (κ2) is 8.40. The van der Waals surface area contributed by atoms with Crippen molar-refractivity contribution >= 4 is 11.6 Å². The fraction of sp³-hybridized carbons (Fsp3) is 0.227. The van der Waals surface area contributed by atoms with Gasteiger partial charge in [0.25, 0.3) is 5.91 Å². The summed E-state index contributed by atoms with van der Waals surface area (Å²) in [7, 11) is 1.56. The van der Waals surface area contributed by atoms with Crippen LogP contribution in [0.5, 0.6) is 5.75 Å². The molecule has 28 heavy (non-hydrogen) atoms. The zero-order valence-corrected chi connectivity index (χ0v) is 16.2. The van der Waals surface area contributed by atoms with Crippen molar-refractivity contribution in [3.63, 3.8) is 0 Å². The summed E-state index contributed by atoms with van der Waals surface area (Å²) in [5.41, 5.74) is 4.79. The highest BCUT2D eigenvalue weighted by Gasteiger charge is 2.19. The third kappa shape index (κ3) is 4.04. The molecule has 1 amide bonds. The second-order valence-corrected chi connectivity index (χ2v) is 6.52. The molecule has 3 rings (SSSR count).